The Morgan fingerprint density at radius 3 is 2.78 bits per heavy atom. The van der Waals surface area contributed by atoms with E-state index in [0.717, 1.165) is 22.2 Å². The number of aryl methyl sites for hydroxylation is 2. The number of pyridine rings is 1. The normalized spacial score (nSPS) is 10.9. The van der Waals surface area contributed by atoms with Gasteiger partial charge in [-0.1, -0.05) is 18.2 Å². The molecule has 0 N–H and O–H groups in total. The molecule has 0 aliphatic carbocycles. The number of ether oxygens (including phenoxy) is 2. The number of rotatable bonds is 5. The minimum absolute atomic E-state index is 0.379. The van der Waals surface area contributed by atoms with Gasteiger partial charge in [0, 0.05) is 23.8 Å². The van der Waals surface area contributed by atoms with Gasteiger partial charge in [-0.15, -0.1) is 0 Å². The van der Waals surface area contributed by atoms with Crippen LogP contribution in [0.2, 0.25) is 0 Å². The highest BCUT2D eigenvalue weighted by Gasteiger charge is 2.07. The summed E-state index contributed by atoms with van der Waals surface area (Å²) < 4.78 is 11.2. The number of aromatic nitrogens is 3. The fourth-order valence-corrected chi connectivity index (χ4v) is 2.38. The summed E-state index contributed by atoms with van der Waals surface area (Å²) in [5, 5.41) is 1.04. The standard InChI is InChI=1S/C18H19N3O2/c1-4-22-11-16-20-13(3)8-17(21-16)23-15-9-14-7-5-6-12(2)18(14)19-10-15/h5-10H,4,11H2,1-3H3. The highest BCUT2D eigenvalue weighted by atomic mass is 16.5. The fourth-order valence-electron chi connectivity index (χ4n) is 2.38. The second kappa shape index (κ2) is 6.71. The van der Waals surface area contributed by atoms with E-state index in [9.17, 15) is 0 Å². The average Bonchev–Trinajstić information content (AvgIpc) is 2.52. The van der Waals surface area contributed by atoms with Crippen molar-refractivity contribution in [1.82, 2.24) is 15.0 Å². The molecular weight excluding hydrogens is 290 g/mol. The van der Waals surface area contributed by atoms with E-state index in [1.165, 1.54) is 0 Å². The maximum Gasteiger partial charge on any atom is 0.222 e. The summed E-state index contributed by atoms with van der Waals surface area (Å²) in [6, 6.07) is 9.85. The van der Waals surface area contributed by atoms with Crippen LogP contribution in [-0.4, -0.2) is 21.6 Å². The molecule has 3 rings (SSSR count). The molecule has 0 radical (unpaired) electrons. The first-order chi connectivity index (χ1) is 11.2. The third kappa shape index (κ3) is 3.63. The maximum atomic E-state index is 5.86. The predicted octanol–water partition coefficient (Wildman–Crippen LogP) is 3.97. The SMILES string of the molecule is CCOCc1nc(C)cc(Oc2cnc3c(C)cccc3c2)n1. The van der Waals surface area contributed by atoms with Gasteiger partial charge in [-0.05, 0) is 32.4 Å². The Kier molecular flexibility index (Phi) is 4.48. The van der Waals surface area contributed by atoms with Crippen molar-refractivity contribution in [2.45, 2.75) is 27.4 Å². The molecule has 23 heavy (non-hydrogen) atoms. The van der Waals surface area contributed by atoms with E-state index in [0.29, 0.717) is 30.7 Å². The van der Waals surface area contributed by atoms with E-state index in [2.05, 4.69) is 15.0 Å². The van der Waals surface area contributed by atoms with E-state index in [1.54, 1.807) is 12.3 Å². The first-order valence-electron chi connectivity index (χ1n) is 7.61. The van der Waals surface area contributed by atoms with Crippen LogP contribution in [0, 0.1) is 13.8 Å². The fraction of sp³-hybridized carbons (Fsp3) is 0.278. The van der Waals surface area contributed by atoms with Gasteiger partial charge in [-0.25, -0.2) is 4.98 Å². The Hall–Kier alpha value is -2.53. The quantitative estimate of drug-likeness (QED) is 0.713. The molecule has 0 spiro atoms. The molecule has 0 unspecified atom stereocenters. The second-order valence-electron chi connectivity index (χ2n) is 5.32. The molecule has 1 aromatic carbocycles. The van der Waals surface area contributed by atoms with Crippen LogP contribution in [-0.2, 0) is 11.3 Å². The van der Waals surface area contributed by atoms with Gasteiger partial charge >= 0.3 is 0 Å². The summed E-state index contributed by atoms with van der Waals surface area (Å²) in [5.41, 5.74) is 2.97. The van der Waals surface area contributed by atoms with E-state index >= 15 is 0 Å². The van der Waals surface area contributed by atoms with Gasteiger partial charge in [0.15, 0.2) is 5.82 Å². The lowest BCUT2D eigenvalue weighted by atomic mass is 10.1. The molecule has 0 aliphatic heterocycles. The van der Waals surface area contributed by atoms with E-state index in [1.807, 2.05) is 45.0 Å². The van der Waals surface area contributed by atoms with Crippen molar-refractivity contribution in [3.8, 4) is 11.6 Å². The molecule has 5 nitrogen and oxygen atoms in total. The molecule has 2 heterocycles. The third-order valence-electron chi connectivity index (χ3n) is 3.42. The van der Waals surface area contributed by atoms with Crippen molar-refractivity contribution in [3.05, 3.63) is 53.6 Å². The number of hydrogen-bond donors (Lipinski definition) is 0. The van der Waals surface area contributed by atoms with Crippen LogP contribution in [0.25, 0.3) is 10.9 Å². The van der Waals surface area contributed by atoms with E-state index < -0.39 is 0 Å². The zero-order valence-electron chi connectivity index (χ0n) is 13.5. The summed E-state index contributed by atoms with van der Waals surface area (Å²) in [5.74, 6) is 1.77. The zero-order chi connectivity index (χ0) is 16.2. The molecule has 0 aliphatic rings. The Bertz CT molecular complexity index is 834. The van der Waals surface area contributed by atoms with Crippen LogP contribution in [0.4, 0.5) is 0 Å². The van der Waals surface area contributed by atoms with Crippen LogP contribution >= 0.6 is 0 Å². The minimum Gasteiger partial charge on any atom is -0.437 e. The summed E-state index contributed by atoms with van der Waals surface area (Å²) in [6.45, 7) is 6.90. The van der Waals surface area contributed by atoms with Crippen molar-refractivity contribution in [2.24, 2.45) is 0 Å². The predicted molar refractivity (Wildman–Crippen MR) is 88.7 cm³/mol. The summed E-state index contributed by atoms with van der Waals surface area (Å²) in [6.07, 6.45) is 1.72. The Morgan fingerprint density at radius 2 is 1.96 bits per heavy atom. The molecule has 0 atom stereocenters. The lowest BCUT2D eigenvalue weighted by molar-refractivity contribution is 0.127. The van der Waals surface area contributed by atoms with Crippen LogP contribution < -0.4 is 4.74 Å². The maximum absolute atomic E-state index is 5.86. The second-order valence-corrected chi connectivity index (χ2v) is 5.32. The first kappa shape index (κ1) is 15.4. The highest BCUT2D eigenvalue weighted by Crippen LogP contribution is 2.24. The van der Waals surface area contributed by atoms with Gasteiger partial charge in [-0.2, -0.15) is 4.98 Å². The average molecular weight is 309 g/mol. The Balaban J connectivity index is 1.88. The number of benzene rings is 1. The van der Waals surface area contributed by atoms with Crippen molar-refractivity contribution < 1.29 is 9.47 Å². The molecule has 3 aromatic rings. The summed E-state index contributed by atoms with van der Waals surface area (Å²) in [4.78, 5) is 13.2. The molecule has 2 aromatic heterocycles. The summed E-state index contributed by atoms with van der Waals surface area (Å²) >= 11 is 0. The van der Waals surface area contributed by atoms with Crippen molar-refractivity contribution >= 4 is 10.9 Å². The monoisotopic (exact) mass is 309 g/mol. The minimum atomic E-state index is 0.379. The molecule has 5 heteroatoms. The van der Waals surface area contributed by atoms with Crippen molar-refractivity contribution in [2.75, 3.05) is 6.61 Å². The smallest absolute Gasteiger partial charge is 0.222 e. The van der Waals surface area contributed by atoms with Crippen molar-refractivity contribution in [1.29, 1.82) is 0 Å². The number of para-hydroxylation sites is 1. The van der Waals surface area contributed by atoms with Gasteiger partial charge in [0.2, 0.25) is 5.88 Å². The lowest BCUT2D eigenvalue weighted by Gasteiger charge is -2.09. The Labute approximate surface area is 135 Å². The number of hydrogen-bond acceptors (Lipinski definition) is 5. The molecule has 0 amide bonds. The Morgan fingerprint density at radius 1 is 1.09 bits per heavy atom. The van der Waals surface area contributed by atoms with Crippen LogP contribution in [0.1, 0.15) is 24.0 Å². The molecule has 0 fully saturated rings. The largest absolute Gasteiger partial charge is 0.437 e. The molecule has 118 valence electrons. The first-order valence-corrected chi connectivity index (χ1v) is 7.61. The van der Waals surface area contributed by atoms with E-state index in [-0.39, 0.29) is 0 Å². The topological polar surface area (TPSA) is 57.1 Å². The van der Waals surface area contributed by atoms with Crippen LogP contribution in [0.3, 0.4) is 0 Å². The molecule has 0 bridgehead atoms. The van der Waals surface area contributed by atoms with Gasteiger partial charge < -0.3 is 9.47 Å². The molecule has 0 saturated heterocycles. The number of fused-ring (bicyclic) bond motifs is 1. The van der Waals surface area contributed by atoms with Gasteiger partial charge in [0.1, 0.15) is 12.4 Å². The summed E-state index contributed by atoms with van der Waals surface area (Å²) in [7, 11) is 0. The van der Waals surface area contributed by atoms with Crippen LogP contribution in [0.15, 0.2) is 36.5 Å². The lowest BCUT2D eigenvalue weighted by Crippen LogP contribution is -2.02. The molecular formula is C18H19N3O2. The number of nitrogens with zero attached hydrogens (tertiary/aromatic N) is 3. The van der Waals surface area contributed by atoms with Crippen LogP contribution in [0.5, 0.6) is 11.6 Å². The third-order valence-corrected chi connectivity index (χ3v) is 3.42. The van der Waals surface area contributed by atoms with Gasteiger partial charge in [0.05, 0.1) is 11.7 Å². The zero-order valence-corrected chi connectivity index (χ0v) is 13.5. The molecule has 0 saturated carbocycles. The van der Waals surface area contributed by atoms with Gasteiger partial charge in [0.25, 0.3) is 0 Å². The van der Waals surface area contributed by atoms with Crippen molar-refractivity contribution in [3.63, 3.8) is 0 Å². The van der Waals surface area contributed by atoms with Gasteiger partial charge in [-0.3, -0.25) is 4.98 Å². The van der Waals surface area contributed by atoms with E-state index in [4.69, 9.17) is 9.47 Å². The highest BCUT2D eigenvalue weighted by molar-refractivity contribution is 5.82.